The maximum Gasteiger partial charge on any atom is 0.296 e. The molecule has 1 amide bonds. The highest BCUT2D eigenvalue weighted by Crippen LogP contribution is 2.29. The highest BCUT2D eigenvalue weighted by molar-refractivity contribution is 5.84. The molecule has 10 nitrogen and oxygen atoms in total. The second-order valence-corrected chi connectivity index (χ2v) is 8.38. The first-order valence-electron chi connectivity index (χ1n) is 11.9. The van der Waals surface area contributed by atoms with Crippen molar-refractivity contribution >= 4 is 28.7 Å². The largest absolute Gasteiger partial charge is 0.383 e. The molecule has 3 aromatic rings. The number of para-hydroxylation sites is 2. The Morgan fingerprint density at radius 1 is 1.19 bits per heavy atom. The number of methoxy groups -OCH3 is 1. The summed E-state index contributed by atoms with van der Waals surface area (Å²) >= 11 is 0. The number of halogens is 2. The lowest BCUT2D eigenvalue weighted by Crippen LogP contribution is -2.43. The zero-order valence-electron chi connectivity index (χ0n) is 20.7. The first kappa shape index (κ1) is 25.7. The number of carbonyl (C=O) groups excluding carboxylic acids is 1. The Morgan fingerprint density at radius 2 is 1.92 bits per heavy atom. The highest BCUT2D eigenvalue weighted by Gasteiger charge is 2.25. The van der Waals surface area contributed by atoms with Crippen LogP contribution in [0.5, 0.6) is 0 Å². The molecule has 194 valence electrons. The van der Waals surface area contributed by atoms with Gasteiger partial charge in [-0.3, -0.25) is 9.36 Å². The van der Waals surface area contributed by atoms with Gasteiger partial charge in [0, 0.05) is 39.4 Å². The number of hydrogen-bond acceptors (Lipinski definition) is 8. The topological polar surface area (TPSA) is 97.6 Å². The Morgan fingerprint density at radius 3 is 2.61 bits per heavy atom. The van der Waals surface area contributed by atoms with Crippen molar-refractivity contribution in [3.63, 3.8) is 0 Å². The quantitative estimate of drug-likeness (QED) is 0.451. The molecule has 1 N–H and O–H groups in total. The number of amides is 1. The molecule has 0 radical (unpaired) electrons. The minimum Gasteiger partial charge on any atom is -0.383 e. The van der Waals surface area contributed by atoms with Gasteiger partial charge in [0.25, 0.3) is 6.43 Å². The van der Waals surface area contributed by atoms with Crippen LogP contribution in [0.3, 0.4) is 0 Å². The fraction of sp³-hybridized carbons (Fsp3) is 0.500. The molecule has 4 rings (SSSR count). The second-order valence-electron chi connectivity index (χ2n) is 8.38. The van der Waals surface area contributed by atoms with E-state index < -0.39 is 18.3 Å². The average molecular weight is 504 g/mol. The SMILES string of the molecule is CCN(CCOC)C(=O)[C@H](C)Nc1nc(N2CCOCC2)cc(-n2c(C(F)F)nc3ccccc32)n1. The van der Waals surface area contributed by atoms with Crippen molar-refractivity contribution in [1.82, 2.24) is 24.4 Å². The summed E-state index contributed by atoms with van der Waals surface area (Å²) in [4.78, 5) is 30.0. The third-order valence-electron chi connectivity index (χ3n) is 6.02. The van der Waals surface area contributed by atoms with Crippen molar-refractivity contribution in [2.24, 2.45) is 0 Å². The second kappa shape index (κ2) is 11.6. The van der Waals surface area contributed by atoms with Crippen LogP contribution in [-0.4, -0.2) is 89.5 Å². The number of hydrogen-bond donors (Lipinski definition) is 1. The van der Waals surface area contributed by atoms with Crippen LogP contribution in [0.15, 0.2) is 30.3 Å². The predicted octanol–water partition coefficient (Wildman–Crippen LogP) is 2.89. The zero-order valence-corrected chi connectivity index (χ0v) is 20.7. The number of carbonyl (C=O) groups is 1. The third kappa shape index (κ3) is 5.54. The standard InChI is InChI=1S/C24H31F2N7O3/c1-4-31(9-12-35-3)23(34)16(2)27-24-29-19(32-10-13-36-14-11-32)15-20(30-24)33-18-8-6-5-7-17(18)28-22(33)21(25)26/h5-8,15-16,21H,4,9-14H2,1-3H3,(H,27,29,30)/t16-/m0/s1. The van der Waals surface area contributed by atoms with Gasteiger partial charge in [-0.05, 0) is 26.0 Å². The van der Waals surface area contributed by atoms with E-state index >= 15 is 0 Å². The molecule has 1 aromatic carbocycles. The molecule has 0 saturated carbocycles. The summed E-state index contributed by atoms with van der Waals surface area (Å²) in [6.07, 6.45) is -2.81. The maximum absolute atomic E-state index is 14.0. The molecule has 0 bridgehead atoms. The van der Waals surface area contributed by atoms with E-state index in [0.717, 1.165) is 0 Å². The molecule has 1 saturated heterocycles. The lowest BCUT2D eigenvalue weighted by atomic mass is 10.3. The van der Waals surface area contributed by atoms with Crippen molar-refractivity contribution in [2.45, 2.75) is 26.3 Å². The van der Waals surface area contributed by atoms with Gasteiger partial charge in [0.2, 0.25) is 11.9 Å². The molecule has 1 aliphatic heterocycles. The molecule has 0 aliphatic carbocycles. The summed E-state index contributed by atoms with van der Waals surface area (Å²) < 4.78 is 40.0. The highest BCUT2D eigenvalue weighted by atomic mass is 19.3. The van der Waals surface area contributed by atoms with Gasteiger partial charge in [-0.2, -0.15) is 9.97 Å². The van der Waals surface area contributed by atoms with Crippen molar-refractivity contribution in [1.29, 1.82) is 0 Å². The van der Waals surface area contributed by atoms with Gasteiger partial charge in [-0.25, -0.2) is 13.8 Å². The number of fused-ring (bicyclic) bond motifs is 1. The Bertz CT molecular complexity index is 1180. The van der Waals surface area contributed by atoms with Crippen LogP contribution in [0.25, 0.3) is 16.9 Å². The minimum absolute atomic E-state index is 0.141. The summed E-state index contributed by atoms with van der Waals surface area (Å²) in [5.74, 6) is 0.405. The smallest absolute Gasteiger partial charge is 0.296 e. The van der Waals surface area contributed by atoms with E-state index in [0.29, 0.717) is 62.9 Å². The van der Waals surface area contributed by atoms with Crippen molar-refractivity contribution in [3.05, 3.63) is 36.2 Å². The van der Waals surface area contributed by atoms with E-state index in [2.05, 4.69) is 20.3 Å². The van der Waals surface area contributed by atoms with Crippen LogP contribution in [-0.2, 0) is 14.3 Å². The van der Waals surface area contributed by atoms with Gasteiger partial charge < -0.3 is 24.6 Å². The number of imidazole rings is 1. The van der Waals surface area contributed by atoms with Gasteiger partial charge in [-0.15, -0.1) is 0 Å². The molecule has 12 heteroatoms. The van der Waals surface area contributed by atoms with Gasteiger partial charge in [0.05, 0.1) is 30.9 Å². The number of nitrogens with zero attached hydrogens (tertiary/aromatic N) is 6. The maximum atomic E-state index is 14.0. The number of anilines is 2. The molecule has 2 aromatic heterocycles. The Labute approximate surface area is 208 Å². The summed E-state index contributed by atoms with van der Waals surface area (Å²) in [7, 11) is 1.58. The molecule has 3 heterocycles. The number of ether oxygens (including phenoxy) is 2. The number of rotatable bonds is 10. The first-order chi connectivity index (χ1) is 17.4. The predicted molar refractivity (Wildman–Crippen MR) is 132 cm³/mol. The van der Waals surface area contributed by atoms with E-state index in [4.69, 9.17) is 9.47 Å². The summed E-state index contributed by atoms with van der Waals surface area (Å²) in [5, 5.41) is 3.08. The Kier molecular flexibility index (Phi) is 8.26. The monoisotopic (exact) mass is 503 g/mol. The van der Waals surface area contributed by atoms with E-state index in [9.17, 15) is 13.6 Å². The van der Waals surface area contributed by atoms with Crippen LogP contribution in [0, 0.1) is 0 Å². The van der Waals surface area contributed by atoms with E-state index in [1.807, 2.05) is 11.8 Å². The van der Waals surface area contributed by atoms with Gasteiger partial charge in [-0.1, -0.05) is 12.1 Å². The summed E-state index contributed by atoms with van der Waals surface area (Å²) in [6.45, 7) is 7.25. The average Bonchev–Trinajstić information content (AvgIpc) is 3.29. The number of nitrogens with one attached hydrogen (secondary N) is 1. The number of benzene rings is 1. The first-order valence-corrected chi connectivity index (χ1v) is 11.9. The van der Waals surface area contributed by atoms with Crippen molar-refractivity contribution < 1.29 is 23.0 Å². The Balaban J connectivity index is 1.74. The minimum atomic E-state index is -2.81. The van der Waals surface area contributed by atoms with E-state index in [1.54, 1.807) is 49.3 Å². The van der Waals surface area contributed by atoms with Crippen molar-refractivity contribution in [2.75, 3.05) is 63.3 Å². The third-order valence-corrected chi connectivity index (χ3v) is 6.02. The van der Waals surface area contributed by atoms with Crippen LogP contribution in [0.4, 0.5) is 20.5 Å². The number of aromatic nitrogens is 4. The molecule has 0 spiro atoms. The van der Waals surface area contributed by atoms with Crippen LogP contribution in [0.2, 0.25) is 0 Å². The fourth-order valence-corrected chi connectivity index (χ4v) is 4.14. The lowest BCUT2D eigenvalue weighted by Gasteiger charge is -2.29. The van der Waals surface area contributed by atoms with Gasteiger partial charge in [0.1, 0.15) is 17.7 Å². The Hall–Kier alpha value is -3.38. The number of likely N-dealkylation sites (N-methyl/N-ethyl adjacent to an activating group) is 1. The fourth-order valence-electron chi connectivity index (χ4n) is 4.14. The number of alkyl halides is 2. The van der Waals surface area contributed by atoms with Crippen LogP contribution >= 0.6 is 0 Å². The van der Waals surface area contributed by atoms with Crippen LogP contribution in [0.1, 0.15) is 26.1 Å². The van der Waals surface area contributed by atoms with Crippen molar-refractivity contribution in [3.8, 4) is 5.82 Å². The van der Waals surface area contributed by atoms with Gasteiger partial charge in [0.15, 0.2) is 5.82 Å². The molecular weight excluding hydrogens is 472 g/mol. The molecule has 1 fully saturated rings. The van der Waals surface area contributed by atoms with E-state index in [-0.39, 0.29) is 17.7 Å². The van der Waals surface area contributed by atoms with Gasteiger partial charge >= 0.3 is 0 Å². The summed E-state index contributed by atoms with van der Waals surface area (Å²) in [5.41, 5.74) is 0.945. The molecule has 1 atom stereocenters. The summed E-state index contributed by atoms with van der Waals surface area (Å²) in [6, 6.07) is 7.93. The normalized spacial score (nSPS) is 14.9. The molecule has 1 aliphatic rings. The number of morpholine rings is 1. The molecule has 0 unspecified atom stereocenters. The van der Waals surface area contributed by atoms with Crippen LogP contribution < -0.4 is 10.2 Å². The van der Waals surface area contributed by atoms with E-state index in [1.165, 1.54) is 4.57 Å². The molecule has 36 heavy (non-hydrogen) atoms. The molecular formula is C24H31F2N7O3. The lowest BCUT2D eigenvalue weighted by molar-refractivity contribution is -0.132. The zero-order chi connectivity index (χ0) is 25.7.